The molecule has 156 valence electrons. The molecule has 0 saturated carbocycles. The van der Waals surface area contributed by atoms with Crippen molar-refractivity contribution in [1.82, 2.24) is 4.90 Å². The van der Waals surface area contributed by atoms with E-state index in [1.165, 1.54) is 0 Å². The highest BCUT2D eigenvalue weighted by Crippen LogP contribution is 2.29. The Morgan fingerprint density at radius 2 is 1.69 bits per heavy atom. The van der Waals surface area contributed by atoms with E-state index < -0.39 is 5.91 Å². The Hall–Kier alpha value is -2.86. The van der Waals surface area contributed by atoms with Gasteiger partial charge in [-0.3, -0.25) is 4.79 Å². The molecule has 0 saturated heterocycles. The van der Waals surface area contributed by atoms with Crippen molar-refractivity contribution in [2.24, 2.45) is 10.7 Å². The van der Waals surface area contributed by atoms with Gasteiger partial charge in [0.05, 0.1) is 13.2 Å². The summed E-state index contributed by atoms with van der Waals surface area (Å²) in [4.78, 5) is 19.0. The lowest BCUT2D eigenvalue weighted by atomic mass is 9.98. The Morgan fingerprint density at radius 3 is 2.31 bits per heavy atom. The van der Waals surface area contributed by atoms with Gasteiger partial charge in [0.2, 0.25) is 0 Å². The second kappa shape index (κ2) is 10.1. The zero-order valence-corrected chi connectivity index (χ0v) is 18.2. The van der Waals surface area contributed by atoms with Crippen molar-refractivity contribution in [3.8, 4) is 11.5 Å². The van der Waals surface area contributed by atoms with Crippen LogP contribution in [0.5, 0.6) is 11.5 Å². The summed E-state index contributed by atoms with van der Waals surface area (Å²) in [7, 11) is 4.04. The predicted molar refractivity (Wildman–Crippen MR) is 117 cm³/mol. The quantitative estimate of drug-likeness (QED) is 0.543. The number of amides is 1. The molecule has 6 nitrogen and oxygen atoms in total. The van der Waals surface area contributed by atoms with Crippen LogP contribution in [0.4, 0.5) is 0 Å². The van der Waals surface area contributed by atoms with Crippen LogP contribution in [0.3, 0.4) is 0 Å². The molecule has 0 spiro atoms. The molecule has 0 unspecified atom stereocenters. The normalized spacial score (nSPS) is 11.6. The van der Waals surface area contributed by atoms with Crippen molar-refractivity contribution in [3.05, 3.63) is 58.1 Å². The first-order valence-electron chi connectivity index (χ1n) is 9.80. The number of carbonyl (C=O) groups excluding carboxylic acids is 1. The first-order chi connectivity index (χ1) is 13.8. The third-order valence-electron chi connectivity index (χ3n) is 4.43. The van der Waals surface area contributed by atoms with Gasteiger partial charge in [-0.2, -0.15) is 4.99 Å². The Kier molecular flexibility index (Phi) is 7.79. The number of rotatable bonds is 8. The van der Waals surface area contributed by atoms with E-state index in [2.05, 4.69) is 16.0 Å². The van der Waals surface area contributed by atoms with Crippen LogP contribution in [0.15, 0.2) is 35.3 Å². The van der Waals surface area contributed by atoms with Crippen LogP contribution in [0.2, 0.25) is 0 Å². The van der Waals surface area contributed by atoms with E-state index in [0.29, 0.717) is 30.3 Å². The molecule has 2 aromatic rings. The Morgan fingerprint density at radius 1 is 1.03 bits per heavy atom. The van der Waals surface area contributed by atoms with E-state index >= 15 is 0 Å². The number of hydrogen-bond acceptors (Lipinski definition) is 4. The van der Waals surface area contributed by atoms with Gasteiger partial charge in [-0.25, -0.2) is 0 Å². The first kappa shape index (κ1) is 22.4. The molecule has 0 bridgehead atoms. The van der Waals surface area contributed by atoms with Crippen molar-refractivity contribution in [2.45, 2.75) is 34.2 Å². The maximum Gasteiger partial charge on any atom is 0.279 e. The highest BCUT2D eigenvalue weighted by Gasteiger charge is 2.14. The van der Waals surface area contributed by atoms with Crippen molar-refractivity contribution >= 4 is 11.7 Å². The maximum atomic E-state index is 12.7. The minimum absolute atomic E-state index is 0.211. The molecule has 6 heteroatoms. The lowest BCUT2D eigenvalue weighted by molar-refractivity contribution is 0.100. The second-order valence-electron chi connectivity index (χ2n) is 7.16. The lowest BCUT2D eigenvalue weighted by Gasteiger charge is -2.16. The van der Waals surface area contributed by atoms with E-state index in [1.54, 1.807) is 18.2 Å². The Balaban J connectivity index is 2.38. The fraction of sp³-hybridized carbons (Fsp3) is 0.391. The highest BCUT2D eigenvalue weighted by atomic mass is 16.5. The minimum atomic E-state index is -0.415. The molecule has 2 N–H and O–H groups in total. The van der Waals surface area contributed by atoms with Crippen LogP contribution in [-0.2, 0) is 6.54 Å². The van der Waals surface area contributed by atoms with E-state index in [9.17, 15) is 4.79 Å². The van der Waals surface area contributed by atoms with Gasteiger partial charge >= 0.3 is 0 Å². The second-order valence-corrected chi connectivity index (χ2v) is 7.16. The van der Waals surface area contributed by atoms with Gasteiger partial charge in [-0.05, 0) is 77.2 Å². The molecule has 0 aliphatic rings. The molecule has 0 radical (unpaired) electrons. The molecular weight excluding hydrogens is 366 g/mol. The van der Waals surface area contributed by atoms with E-state index in [0.717, 1.165) is 28.8 Å². The Labute approximate surface area is 173 Å². The van der Waals surface area contributed by atoms with Crippen molar-refractivity contribution < 1.29 is 14.3 Å². The summed E-state index contributed by atoms with van der Waals surface area (Å²) in [5, 5.41) is 0. The number of aliphatic imine (C=N–C) groups is 1. The zero-order valence-electron chi connectivity index (χ0n) is 18.2. The molecule has 1 amide bonds. The van der Waals surface area contributed by atoms with Gasteiger partial charge in [-0.15, -0.1) is 0 Å². The van der Waals surface area contributed by atoms with Crippen LogP contribution in [0, 0.1) is 13.8 Å². The number of aryl methyl sites for hydroxylation is 1. The molecule has 0 heterocycles. The summed E-state index contributed by atoms with van der Waals surface area (Å²) in [5.41, 5.74) is 10.7. The summed E-state index contributed by atoms with van der Waals surface area (Å²) in [6, 6.07) is 9.14. The SMILES string of the molecule is CCOc1ccc(C(=O)N=C(N)c2cc(C)cc(CN(C)C)c2C)cc1OCC. The van der Waals surface area contributed by atoms with Crippen molar-refractivity contribution in [2.75, 3.05) is 27.3 Å². The van der Waals surface area contributed by atoms with Gasteiger partial charge in [-0.1, -0.05) is 11.6 Å². The lowest BCUT2D eigenvalue weighted by Crippen LogP contribution is -2.20. The topological polar surface area (TPSA) is 77.1 Å². The zero-order chi connectivity index (χ0) is 21.6. The molecular formula is C23H31N3O3. The molecule has 0 aliphatic carbocycles. The predicted octanol–water partition coefficient (Wildman–Crippen LogP) is 3.71. The first-order valence-corrected chi connectivity index (χ1v) is 9.80. The average Bonchev–Trinajstić information content (AvgIpc) is 2.65. The number of benzene rings is 2. The van der Waals surface area contributed by atoms with Gasteiger partial charge in [0.15, 0.2) is 11.5 Å². The number of hydrogen-bond donors (Lipinski definition) is 1. The van der Waals surface area contributed by atoms with Crippen LogP contribution >= 0.6 is 0 Å². The smallest absolute Gasteiger partial charge is 0.279 e. The van der Waals surface area contributed by atoms with Gasteiger partial charge in [0.1, 0.15) is 5.84 Å². The minimum Gasteiger partial charge on any atom is -0.490 e. The summed E-state index contributed by atoms with van der Waals surface area (Å²) in [6.45, 7) is 9.57. The number of nitrogens with two attached hydrogens (primary N) is 1. The van der Waals surface area contributed by atoms with Crippen LogP contribution in [0.1, 0.15) is 46.5 Å². The molecule has 0 aliphatic heterocycles. The third-order valence-corrected chi connectivity index (χ3v) is 4.43. The van der Waals surface area contributed by atoms with Gasteiger partial charge in [0.25, 0.3) is 5.91 Å². The monoisotopic (exact) mass is 397 g/mol. The van der Waals surface area contributed by atoms with Crippen LogP contribution < -0.4 is 15.2 Å². The highest BCUT2D eigenvalue weighted by molar-refractivity contribution is 6.09. The summed E-state index contributed by atoms with van der Waals surface area (Å²) in [6.07, 6.45) is 0. The molecule has 2 rings (SSSR count). The largest absolute Gasteiger partial charge is 0.490 e. The fourth-order valence-corrected chi connectivity index (χ4v) is 3.12. The number of nitrogens with zero attached hydrogens (tertiary/aromatic N) is 2. The Bertz CT molecular complexity index is 904. The van der Waals surface area contributed by atoms with Gasteiger partial charge in [0, 0.05) is 17.7 Å². The fourth-order valence-electron chi connectivity index (χ4n) is 3.12. The maximum absolute atomic E-state index is 12.7. The number of ether oxygens (including phenoxy) is 2. The molecule has 2 aromatic carbocycles. The molecule has 0 aromatic heterocycles. The van der Waals surface area contributed by atoms with Crippen molar-refractivity contribution in [1.29, 1.82) is 0 Å². The van der Waals surface area contributed by atoms with Crippen molar-refractivity contribution in [3.63, 3.8) is 0 Å². The number of carbonyl (C=O) groups is 1. The molecule has 0 fully saturated rings. The summed E-state index contributed by atoms with van der Waals surface area (Å²) >= 11 is 0. The van der Waals surface area contributed by atoms with E-state index in [1.807, 2.05) is 47.9 Å². The van der Waals surface area contributed by atoms with E-state index in [4.69, 9.17) is 15.2 Å². The van der Waals surface area contributed by atoms with Crippen LogP contribution in [0.25, 0.3) is 0 Å². The molecule has 0 atom stereocenters. The standard InChI is InChI=1S/C23H31N3O3/c1-7-28-20-10-9-17(13-21(20)29-8-2)23(27)25-22(24)19-12-15(3)11-18(16(19)4)14-26(5)6/h9-13H,7-8,14H2,1-6H3,(H2,24,25,27). The number of amidine groups is 1. The van der Waals surface area contributed by atoms with Crippen LogP contribution in [-0.4, -0.2) is 44.0 Å². The third kappa shape index (κ3) is 5.81. The summed E-state index contributed by atoms with van der Waals surface area (Å²) in [5.74, 6) is 0.921. The average molecular weight is 398 g/mol. The molecule has 29 heavy (non-hydrogen) atoms. The van der Waals surface area contributed by atoms with Gasteiger partial charge < -0.3 is 20.1 Å². The van der Waals surface area contributed by atoms with E-state index in [-0.39, 0.29) is 5.84 Å². The summed E-state index contributed by atoms with van der Waals surface area (Å²) < 4.78 is 11.1.